The molecule has 6 nitrogen and oxygen atoms in total. The number of ketones is 1. The van der Waals surface area contributed by atoms with Crippen molar-refractivity contribution < 1.29 is 14.4 Å². The zero-order chi connectivity index (χ0) is 14.0. The molecule has 0 radical (unpaired) electrons. The van der Waals surface area contributed by atoms with Gasteiger partial charge in [0.15, 0.2) is 0 Å². The van der Waals surface area contributed by atoms with E-state index in [-0.39, 0.29) is 12.3 Å². The summed E-state index contributed by atoms with van der Waals surface area (Å²) in [5.74, 6) is 3.60. The molecule has 0 spiro atoms. The summed E-state index contributed by atoms with van der Waals surface area (Å²) in [6, 6.07) is 5.11. The van der Waals surface area contributed by atoms with Crippen LogP contribution in [0.25, 0.3) is 0 Å². The van der Waals surface area contributed by atoms with Crippen molar-refractivity contribution in [2.24, 2.45) is 5.84 Å². The van der Waals surface area contributed by atoms with E-state index >= 15 is 0 Å². The molecule has 1 heterocycles. The van der Waals surface area contributed by atoms with Crippen LogP contribution in [0.5, 0.6) is 0 Å². The van der Waals surface area contributed by atoms with Crippen LogP contribution in [-0.2, 0) is 9.59 Å². The number of Topliss-reactive ketones (excluding diaryl/α,β-unsaturated/α-hetero) is 1. The van der Waals surface area contributed by atoms with Gasteiger partial charge < -0.3 is 4.90 Å². The number of fused-ring (bicyclic) bond motifs is 1. The lowest BCUT2D eigenvalue weighted by molar-refractivity contribution is -0.121. The number of amides is 2. The number of anilines is 1. The second-order valence-electron chi connectivity index (χ2n) is 4.12. The number of hydrazine groups is 1. The molecule has 1 aromatic carbocycles. The maximum absolute atomic E-state index is 11.9. The molecular formula is C12H12BrN3O3. The number of benzene rings is 1. The Balaban J connectivity index is 2.13. The van der Waals surface area contributed by atoms with E-state index in [1.54, 1.807) is 18.2 Å². The minimum atomic E-state index is -0.554. The first-order valence-electron chi connectivity index (χ1n) is 5.70. The summed E-state index contributed by atoms with van der Waals surface area (Å²) in [6.07, 6.45) is 0.651. The highest BCUT2D eigenvalue weighted by molar-refractivity contribution is 9.10. The van der Waals surface area contributed by atoms with Gasteiger partial charge in [0.1, 0.15) is 0 Å². The first-order chi connectivity index (χ1) is 9.04. The topological polar surface area (TPSA) is 92.5 Å². The average molecular weight is 326 g/mol. The maximum atomic E-state index is 11.9. The van der Waals surface area contributed by atoms with Crippen molar-refractivity contribution in [3.8, 4) is 0 Å². The number of rotatable bonds is 4. The Hall–Kier alpha value is -1.73. The third-order valence-corrected chi connectivity index (χ3v) is 3.37. The van der Waals surface area contributed by atoms with Gasteiger partial charge in [-0.25, -0.2) is 5.84 Å². The molecule has 2 rings (SSSR count). The molecule has 3 N–H and O–H groups in total. The molecular weight excluding hydrogens is 314 g/mol. The van der Waals surface area contributed by atoms with Gasteiger partial charge in [0, 0.05) is 17.4 Å². The highest BCUT2D eigenvalue weighted by Crippen LogP contribution is 2.31. The van der Waals surface area contributed by atoms with Crippen molar-refractivity contribution in [3.63, 3.8) is 0 Å². The summed E-state index contributed by atoms with van der Waals surface area (Å²) in [5.41, 5.74) is 3.00. The second-order valence-corrected chi connectivity index (χ2v) is 5.03. The van der Waals surface area contributed by atoms with Crippen molar-refractivity contribution in [3.05, 3.63) is 28.2 Å². The van der Waals surface area contributed by atoms with Crippen molar-refractivity contribution >= 4 is 39.2 Å². The first kappa shape index (κ1) is 13.7. The molecule has 0 saturated carbocycles. The average Bonchev–Trinajstić information content (AvgIpc) is 2.63. The Kier molecular flexibility index (Phi) is 3.96. The normalized spacial score (nSPS) is 13.7. The number of nitrogens with one attached hydrogen (secondary N) is 1. The van der Waals surface area contributed by atoms with Gasteiger partial charge in [0.05, 0.1) is 11.3 Å². The van der Waals surface area contributed by atoms with Gasteiger partial charge in [0.2, 0.25) is 5.91 Å². The predicted octanol–water partition coefficient (Wildman–Crippen LogP) is 0.748. The fourth-order valence-electron chi connectivity index (χ4n) is 1.96. The van der Waals surface area contributed by atoms with Gasteiger partial charge in [0.25, 0.3) is 11.7 Å². The largest absolute Gasteiger partial charge is 0.305 e. The van der Waals surface area contributed by atoms with E-state index in [1.165, 1.54) is 4.90 Å². The van der Waals surface area contributed by atoms with Crippen molar-refractivity contribution in [2.45, 2.75) is 12.8 Å². The van der Waals surface area contributed by atoms with Crippen molar-refractivity contribution in [1.82, 2.24) is 5.43 Å². The third kappa shape index (κ3) is 2.66. The number of hydrogen-bond donors (Lipinski definition) is 2. The van der Waals surface area contributed by atoms with Crippen LogP contribution in [0.3, 0.4) is 0 Å². The molecule has 0 atom stereocenters. The standard InChI is InChI=1S/C12H12BrN3O3/c13-7-3-4-9-8(6-7)11(18)12(19)16(9)5-1-2-10(17)15-14/h3-4,6H,1-2,5,14H2,(H,15,17). The summed E-state index contributed by atoms with van der Waals surface area (Å²) in [7, 11) is 0. The van der Waals surface area contributed by atoms with E-state index in [0.29, 0.717) is 24.2 Å². The molecule has 1 aliphatic heterocycles. The zero-order valence-corrected chi connectivity index (χ0v) is 11.6. The Bertz CT molecular complexity index is 559. The van der Waals surface area contributed by atoms with Crippen LogP contribution in [-0.4, -0.2) is 24.1 Å². The fourth-order valence-corrected chi connectivity index (χ4v) is 2.33. The van der Waals surface area contributed by atoms with Gasteiger partial charge in [-0.3, -0.25) is 19.8 Å². The zero-order valence-electron chi connectivity index (χ0n) is 9.98. The molecule has 0 bridgehead atoms. The monoisotopic (exact) mass is 325 g/mol. The summed E-state index contributed by atoms with van der Waals surface area (Å²) >= 11 is 3.26. The first-order valence-corrected chi connectivity index (χ1v) is 6.49. The quantitative estimate of drug-likeness (QED) is 0.370. The number of nitrogens with two attached hydrogens (primary N) is 1. The molecule has 0 fully saturated rings. The number of carbonyl (C=O) groups excluding carboxylic acids is 3. The number of carbonyl (C=O) groups is 3. The SMILES string of the molecule is NNC(=O)CCCN1C(=O)C(=O)c2cc(Br)ccc21. The minimum absolute atomic E-state index is 0.209. The van der Waals surface area contributed by atoms with Crippen LogP contribution in [0.2, 0.25) is 0 Å². The molecule has 1 aromatic rings. The maximum Gasteiger partial charge on any atom is 0.299 e. The molecule has 0 aliphatic carbocycles. The van der Waals surface area contributed by atoms with Crippen LogP contribution in [0, 0.1) is 0 Å². The number of hydrogen-bond acceptors (Lipinski definition) is 4. The van der Waals surface area contributed by atoms with Crippen LogP contribution in [0.4, 0.5) is 5.69 Å². The molecule has 0 saturated heterocycles. The minimum Gasteiger partial charge on any atom is -0.305 e. The van der Waals surface area contributed by atoms with Crippen LogP contribution < -0.4 is 16.2 Å². The fraction of sp³-hybridized carbons (Fsp3) is 0.250. The second kappa shape index (κ2) is 5.50. The lowest BCUT2D eigenvalue weighted by atomic mass is 10.1. The summed E-state index contributed by atoms with van der Waals surface area (Å²) in [5, 5.41) is 0. The highest BCUT2D eigenvalue weighted by Gasteiger charge is 2.35. The van der Waals surface area contributed by atoms with Crippen LogP contribution in [0.15, 0.2) is 22.7 Å². The molecule has 2 amide bonds. The van der Waals surface area contributed by atoms with E-state index in [2.05, 4.69) is 15.9 Å². The molecule has 7 heteroatoms. The van der Waals surface area contributed by atoms with Crippen molar-refractivity contribution in [1.29, 1.82) is 0 Å². The van der Waals surface area contributed by atoms with Gasteiger partial charge in [-0.1, -0.05) is 15.9 Å². The van der Waals surface area contributed by atoms with E-state index in [1.807, 2.05) is 5.43 Å². The van der Waals surface area contributed by atoms with E-state index in [4.69, 9.17) is 5.84 Å². The molecule has 0 unspecified atom stereocenters. The highest BCUT2D eigenvalue weighted by atomic mass is 79.9. The summed E-state index contributed by atoms with van der Waals surface area (Å²) < 4.78 is 0.747. The molecule has 1 aliphatic rings. The summed E-state index contributed by atoms with van der Waals surface area (Å²) in [6.45, 7) is 0.312. The Labute approximate surface area is 118 Å². The third-order valence-electron chi connectivity index (χ3n) is 2.88. The Morgan fingerprint density at radius 3 is 2.79 bits per heavy atom. The van der Waals surface area contributed by atoms with Gasteiger partial charge >= 0.3 is 0 Å². The van der Waals surface area contributed by atoms with Crippen LogP contribution >= 0.6 is 15.9 Å². The number of halogens is 1. The van der Waals surface area contributed by atoms with Crippen molar-refractivity contribution in [2.75, 3.05) is 11.4 Å². The predicted molar refractivity (Wildman–Crippen MR) is 72.4 cm³/mol. The molecule has 100 valence electrons. The van der Waals surface area contributed by atoms with E-state index in [0.717, 1.165) is 4.47 Å². The molecule has 19 heavy (non-hydrogen) atoms. The lowest BCUT2D eigenvalue weighted by Gasteiger charge is -2.15. The van der Waals surface area contributed by atoms with E-state index in [9.17, 15) is 14.4 Å². The molecule has 0 aromatic heterocycles. The smallest absolute Gasteiger partial charge is 0.299 e. The number of nitrogens with zero attached hydrogens (tertiary/aromatic N) is 1. The Morgan fingerprint density at radius 1 is 1.37 bits per heavy atom. The Morgan fingerprint density at radius 2 is 2.11 bits per heavy atom. The van der Waals surface area contributed by atoms with Gasteiger partial charge in [-0.15, -0.1) is 0 Å². The van der Waals surface area contributed by atoms with Gasteiger partial charge in [-0.05, 0) is 24.6 Å². The lowest BCUT2D eigenvalue weighted by Crippen LogP contribution is -2.33. The van der Waals surface area contributed by atoms with Crippen LogP contribution in [0.1, 0.15) is 23.2 Å². The van der Waals surface area contributed by atoms with Gasteiger partial charge in [-0.2, -0.15) is 0 Å². The summed E-state index contributed by atoms with van der Waals surface area (Å²) in [4.78, 5) is 36.1. The van der Waals surface area contributed by atoms with E-state index < -0.39 is 11.7 Å².